The van der Waals surface area contributed by atoms with Crippen LogP contribution in [0, 0.1) is 0 Å². The minimum Gasteiger partial charge on any atom is -0.337 e. The summed E-state index contributed by atoms with van der Waals surface area (Å²) >= 11 is 0. The Labute approximate surface area is 310 Å². The molecule has 1 atom stereocenters. The van der Waals surface area contributed by atoms with E-state index in [-0.39, 0.29) is 46.1 Å². The van der Waals surface area contributed by atoms with Gasteiger partial charge >= 0.3 is 0 Å². The van der Waals surface area contributed by atoms with Gasteiger partial charge in [0.2, 0.25) is 0 Å². The van der Waals surface area contributed by atoms with Gasteiger partial charge in [-0.25, -0.2) is 18.1 Å². The van der Waals surface area contributed by atoms with Crippen molar-refractivity contribution in [1.82, 2.24) is 24.1 Å². The summed E-state index contributed by atoms with van der Waals surface area (Å²) in [6.45, 7) is 5.92. The fraction of sp³-hybridized carbons (Fsp3) is 0.317. The zero-order chi connectivity index (χ0) is 37.7. The third kappa shape index (κ3) is 8.03. The van der Waals surface area contributed by atoms with Crippen LogP contribution >= 0.6 is 0 Å². The quantitative estimate of drug-likeness (QED) is 0.153. The molecule has 12 heteroatoms. The molecule has 53 heavy (non-hydrogen) atoms. The highest BCUT2D eigenvalue weighted by molar-refractivity contribution is 7.90. The number of rotatable bonds is 13. The number of nitrogens with zero attached hydrogens (tertiary/aromatic N) is 4. The van der Waals surface area contributed by atoms with Crippen molar-refractivity contribution >= 4 is 38.5 Å². The van der Waals surface area contributed by atoms with Gasteiger partial charge in [-0.3, -0.25) is 14.4 Å². The highest BCUT2D eigenvalue weighted by Gasteiger charge is 2.33. The van der Waals surface area contributed by atoms with Gasteiger partial charge in [0.15, 0.2) is 0 Å². The maximum absolute atomic E-state index is 14.7. The number of imidazole rings is 1. The van der Waals surface area contributed by atoms with E-state index in [1.54, 1.807) is 40.9 Å². The third-order valence-electron chi connectivity index (χ3n) is 9.85. The number of sulfonamides is 1. The normalized spacial score (nSPS) is 14.2. The lowest BCUT2D eigenvalue weighted by Crippen LogP contribution is -2.48. The SMILES string of the molecule is CCCCN(CCCC)C(=O)c1cn(C)c(-c2ccc(C(=O)NS(=O)(=O)c3ccc4ccccc4c3)cc2C(=O)N2Cc3ccccc3C[C@H]2CN)n1. The van der Waals surface area contributed by atoms with E-state index in [1.807, 2.05) is 47.4 Å². The van der Waals surface area contributed by atoms with E-state index in [0.29, 0.717) is 42.8 Å². The molecule has 0 fully saturated rings. The molecule has 4 aromatic carbocycles. The molecule has 3 N–H and O–H groups in total. The number of hydrogen-bond acceptors (Lipinski definition) is 7. The highest BCUT2D eigenvalue weighted by Crippen LogP contribution is 2.30. The second kappa shape index (κ2) is 16.1. The van der Waals surface area contributed by atoms with Crippen molar-refractivity contribution in [2.24, 2.45) is 12.8 Å². The first-order valence-electron chi connectivity index (χ1n) is 18.1. The van der Waals surface area contributed by atoms with Crippen LogP contribution in [-0.2, 0) is 30.0 Å². The van der Waals surface area contributed by atoms with Crippen molar-refractivity contribution in [3.8, 4) is 11.4 Å². The number of unbranched alkanes of at least 4 members (excludes halogenated alkanes) is 2. The van der Waals surface area contributed by atoms with E-state index in [0.717, 1.165) is 42.2 Å². The number of benzene rings is 4. The molecule has 0 spiro atoms. The summed E-state index contributed by atoms with van der Waals surface area (Å²) in [4.78, 5) is 50.3. The van der Waals surface area contributed by atoms with Crippen molar-refractivity contribution in [3.05, 3.63) is 119 Å². The topological polar surface area (TPSA) is 148 Å². The Morgan fingerprint density at radius 3 is 2.26 bits per heavy atom. The summed E-state index contributed by atoms with van der Waals surface area (Å²) in [5.41, 5.74) is 9.09. The molecule has 276 valence electrons. The van der Waals surface area contributed by atoms with E-state index in [4.69, 9.17) is 10.7 Å². The zero-order valence-electron chi connectivity index (χ0n) is 30.4. The molecule has 0 unspecified atom stereocenters. The number of aryl methyl sites for hydroxylation is 1. The van der Waals surface area contributed by atoms with Crippen LogP contribution in [0.25, 0.3) is 22.2 Å². The molecule has 5 aromatic rings. The Kier molecular flexibility index (Phi) is 11.4. The first-order chi connectivity index (χ1) is 25.5. The Bertz CT molecular complexity index is 2260. The van der Waals surface area contributed by atoms with Gasteiger partial charge in [0.05, 0.1) is 10.5 Å². The molecule has 1 aromatic heterocycles. The monoisotopic (exact) mass is 734 g/mol. The van der Waals surface area contributed by atoms with Gasteiger partial charge in [-0.05, 0) is 71.5 Å². The lowest BCUT2D eigenvalue weighted by molar-refractivity contribution is 0.0648. The van der Waals surface area contributed by atoms with Crippen molar-refractivity contribution in [3.63, 3.8) is 0 Å². The summed E-state index contributed by atoms with van der Waals surface area (Å²) in [6, 6.07) is 24.0. The smallest absolute Gasteiger partial charge is 0.274 e. The minimum atomic E-state index is -4.27. The van der Waals surface area contributed by atoms with Gasteiger partial charge in [0, 0.05) is 56.6 Å². The average Bonchev–Trinajstić information content (AvgIpc) is 3.57. The number of carbonyl (C=O) groups is 3. The van der Waals surface area contributed by atoms with Gasteiger partial charge < -0.3 is 20.1 Å². The number of nitrogens with two attached hydrogens (primary N) is 1. The molecule has 1 aliphatic rings. The highest BCUT2D eigenvalue weighted by atomic mass is 32.2. The predicted molar refractivity (Wildman–Crippen MR) is 206 cm³/mol. The maximum atomic E-state index is 14.7. The van der Waals surface area contributed by atoms with Crippen LogP contribution < -0.4 is 10.5 Å². The molecule has 0 bridgehead atoms. The third-order valence-corrected chi connectivity index (χ3v) is 11.2. The van der Waals surface area contributed by atoms with Crippen LogP contribution in [0.4, 0.5) is 0 Å². The lowest BCUT2D eigenvalue weighted by atomic mass is 9.92. The first-order valence-corrected chi connectivity index (χ1v) is 19.6. The second-order valence-electron chi connectivity index (χ2n) is 13.6. The average molecular weight is 735 g/mol. The summed E-state index contributed by atoms with van der Waals surface area (Å²) < 4.78 is 30.8. The Hall–Kier alpha value is -5.33. The van der Waals surface area contributed by atoms with Crippen LogP contribution in [0.15, 0.2) is 96.0 Å². The van der Waals surface area contributed by atoms with Crippen LogP contribution in [0.3, 0.4) is 0 Å². The number of aromatic nitrogens is 2. The standard InChI is InChI=1S/C41H46N6O5S/c1-4-6-20-46(21-7-5-2)41(50)37-27-45(3)38(43-37)35-19-17-31(39(48)44-53(51,52)34-18-16-28-12-8-9-14-30(28)23-34)24-36(35)40(49)47-26-32-15-11-10-13-29(32)22-33(47)25-42/h8-19,23-24,27,33H,4-7,20-22,25-26,42H2,1-3H3,(H,44,48)/t33-/m0/s1. The molecule has 0 saturated carbocycles. The van der Waals surface area contributed by atoms with Gasteiger partial charge in [0.25, 0.3) is 27.7 Å². The molecular formula is C41H46N6O5S. The molecule has 2 heterocycles. The van der Waals surface area contributed by atoms with E-state index in [9.17, 15) is 22.8 Å². The fourth-order valence-corrected chi connectivity index (χ4v) is 7.83. The molecule has 6 rings (SSSR count). The van der Waals surface area contributed by atoms with Gasteiger partial charge in [0.1, 0.15) is 11.5 Å². The Morgan fingerprint density at radius 2 is 1.57 bits per heavy atom. The van der Waals surface area contributed by atoms with Crippen LogP contribution in [-0.4, -0.2) is 71.2 Å². The van der Waals surface area contributed by atoms with Crippen LogP contribution in [0.2, 0.25) is 0 Å². The minimum absolute atomic E-state index is 0.0287. The van der Waals surface area contributed by atoms with Gasteiger partial charge in [-0.15, -0.1) is 0 Å². The van der Waals surface area contributed by atoms with Crippen molar-refractivity contribution in [1.29, 1.82) is 0 Å². The number of amides is 3. The number of hydrogen-bond donors (Lipinski definition) is 2. The molecular weight excluding hydrogens is 689 g/mol. The summed E-state index contributed by atoms with van der Waals surface area (Å²) in [5, 5.41) is 1.57. The zero-order valence-corrected chi connectivity index (χ0v) is 31.2. The molecule has 0 aliphatic carbocycles. The van der Waals surface area contributed by atoms with Crippen molar-refractivity contribution in [2.75, 3.05) is 19.6 Å². The van der Waals surface area contributed by atoms with Crippen LogP contribution in [0.5, 0.6) is 0 Å². The van der Waals surface area contributed by atoms with E-state index in [2.05, 4.69) is 18.6 Å². The second-order valence-corrected chi connectivity index (χ2v) is 15.2. The van der Waals surface area contributed by atoms with E-state index >= 15 is 0 Å². The van der Waals surface area contributed by atoms with Gasteiger partial charge in [-0.2, -0.15) is 0 Å². The van der Waals surface area contributed by atoms with Crippen molar-refractivity contribution < 1.29 is 22.8 Å². The molecule has 1 aliphatic heterocycles. The summed E-state index contributed by atoms with van der Waals surface area (Å²) in [7, 11) is -2.51. The maximum Gasteiger partial charge on any atom is 0.274 e. The lowest BCUT2D eigenvalue weighted by Gasteiger charge is -2.36. The van der Waals surface area contributed by atoms with Crippen molar-refractivity contribution in [2.45, 2.75) is 63.4 Å². The van der Waals surface area contributed by atoms with E-state index in [1.165, 1.54) is 24.3 Å². The number of fused-ring (bicyclic) bond motifs is 2. The fourth-order valence-electron chi connectivity index (χ4n) is 6.82. The predicted octanol–water partition coefficient (Wildman–Crippen LogP) is 5.93. The number of carbonyl (C=O) groups excluding carboxylic acids is 3. The van der Waals surface area contributed by atoms with Gasteiger partial charge in [-0.1, -0.05) is 81.3 Å². The van der Waals surface area contributed by atoms with Crippen LogP contribution in [0.1, 0.15) is 81.9 Å². The summed E-state index contributed by atoms with van der Waals surface area (Å²) in [6.07, 6.45) is 5.86. The molecule has 0 saturated heterocycles. The largest absolute Gasteiger partial charge is 0.337 e. The molecule has 3 amide bonds. The molecule has 11 nitrogen and oxygen atoms in total. The Morgan fingerprint density at radius 1 is 0.887 bits per heavy atom. The number of nitrogens with one attached hydrogen (secondary N) is 1. The Balaban J connectivity index is 1.39. The summed E-state index contributed by atoms with van der Waals surface area (Å²) in [5.74, 6) is -1.11. The van der Waals surface area contributed by atoms with E-state index < -0.39 is 15.9 Å². The first kappa shape index (κ1) is 37.4. The molecule has 0 radical (unpaired) electrons.